The van der Waals surface area contributed by atoms with Gasteiger partial charge in [0.2, 0.25) is 4.96 Å². The maximum Gasteiger partial charge on any atom is 0.214 e. The van der Waals surface area contributed by atoms with Crippen LogP contribution in [0.15, 0.2) is 30.5 Å². The van der Waals surface area contributed by atoms with E-state index < -0.39 is 0 Å². The van der Waals surface area contributed by atoms with Crippen LogP contribution in [0.5, 0.6) is 0 Å². The highest BCUT2D eigenvalue weighted by Crippen LogP contribution is 2.17. The molecule has 3 aromatic rings. The van der Waals surface area contributed by atoms with Crippen molar-refractivity contribution in [1.82, 2.24) is 14.6 Å². The number of imidazole rings is 1. The van der Waals surface area contributed by atoms with E-state index in [0.29, 0.717) is 5.82 Å². The summed E-state index contributed by atoms with van der Waals surface area (Å²) in [4.78, 5) is 5.07. The Morgan fingerprint density at radius 1 is 1.33 bits per heavy atom. The van der Waals surface area contributed by atoms with Crippen molar-refractivity contribution in [3.63, 3.8) is 0 Å². The van der Waals surface area contributed by atoms with E-state index in [1.165, 1.54) is 11.1 Å². The van der Waals surface area contributed by atoms with E-state index in [9.17, 15) is 0 Å². The molecule has 0 fully saturated rings. The van der Waals surface area contributed by atoms with Gasteiger partial charge in [-0.25, -0.2) is 9.50 Å². The van der Waals surface area contributed by atoms with E-state index in [4.69, 9.17) is 5.73 Å². The van der Waals surface area contributed by atoms with E-state index in [1.807, 2.05) is 0 Å². The minimum Gasteiger partial charge on any atom is -0.382 e. The van der Waals surface area contributed by atoms with Gasteiger partial charge in [0, 0.05) is 6.42 Å². The molecule has 0 aliphatic heterocycles. The van der Waals surface area contributed by atoms with Gasteiger partial charge < -0.3 is 5.73 Å². The third-order valence-corrected chi connectivity index (χ3v) is 3.80. The number of hydrogen-bond acceptors (Lipinski definition) is 4. The van der Waals surface area contributed by atoms with Crippen LogP contribution < -0.4 is 5.73 Å². The second-order valence-electron chi connectivity index (χ2n) is 4.38. The molecular formula is C13H14N4S. The number of hydrogen-bond donors (Lipinski definition) is 1. The summed E-state index contributed by atoms with van der Waals surface area (Å²) in [5.74, 6) is 0.527. The molecule has 2 heterocycles. The van der Waals surface area contributed by atoms with Crippen LogP contribution in [-0.4, -0.2) is 14.6 Å². The van der Waals surface area contributed by atoms with Crippen LogP contribution in [0, 0.1) is 6.92 Å². The van der Waals surface area contributed by atoms with Gasteiger partial charge in [-0.05, 0) is 18.9 Å². The first-order chi connectivity index (χ1) is 8.70. The van der Waals surface area contributed by atoms with Gasteiger partial charge in [-0.2, -0.15) is 5.10 Å². The van der Waals surface area contributed by atoms with Crippen LogP contribution in [0.2, 0.25) is 0 Å². The normalized spacial score (nSPS) is 11.2. The first-order valence-corrected chi connectivity index (χ1v) is 6.68. The zero-order chi connectivity index (χ0) is 12.5. The second-order valence-corrected chi connectivity index (χ2v) is 5.42. The molecule has 0 unspecified atom stereocenters. The topological polar surface area (TPSA) is 56.2 Å². The van der Waals surface area contributed by atoms with E-state index in [2.05, 4.69) is 41.3 Å². The largest absolute Gasteiger partial charge is 0.382 e. The minimum atomic E-state index is 0.527. The number of aromatic nitrogens is 3. The molecular weight excluding hydrogens is 244 g/mol. The molecule has 0 saturated carbocycles. The lowest BCUT2D eigenvalue weighted by Gasteiger charge is -2.00. The lowest BCUT2D eigenvalue weighted by Crippen LogP contribution is -1.92. The Labute approximate surface area is 109 Å². The van der Waals surface area contributed by atoms with E-state index in [1.54, 1.807) is 22.0 Å². The maximum absolute atomic E-state index is 5.60. The SMILES string of the molecule is Cc1cccc(CCc2nn3cc(N)nc3s2)c1. The molecule has 0 saturated heterocycles. The Kier molecular flexibility index (Phi) is 2.76. The second kappa shape index (κ2) is 4.42. The Balaban J connectivity index is 1.74. The number of nitrogen functional groups attached to an aromatic ring is 1. The summed E-state index contributed by atoms with van der Waals surface area (Å²) in [7, 11) is 0. The highest BCUT2D eigenvalue weighted by atomic mass is 32.1. The van der Waals surface area contributed by atoms with Crippen molar-refractivity contribution in [3.05, 3.63) is 46.6 Å². The fourth-order valence-corrected chi connectivity index (χ4v) is 2.86. The quantitative estimate of drug-likeness (QED) is 0.785. The first kappa shape index (κ1) is 11.2. The van der Waals surface area contributed by atoms with Gasteiger partial charge in [-0.1, -0.05) is 41.2 Å². The van der Waals surface area contributed by atoms with Gasteiger partial charge in [-0.15, -0.1) is 0 Å². The Hall–Kier alpha value is -1.88. The number of rotatable bonds is 3. The van der Waals surface area contributed by atoms with Gasteiger partial charge in [0.05, 0.1) is 6.20 Å². The molecule has 0 spiro atoms. The van der Waals surface area contributed by atoms with Crippen molar-refractivity contribution in [2.24, 2.45) is 0 Å². The standard InChI is InChI=1S/C13H14N4S/c1-9-3-2-4-10(7-9)5-6-12-16-17-8-11(14)15-13(17)18-12/h2-4,7-8H,5-6,14H2,1H3. The van der Waals surface area contributed by atoms with Crippen molar-refractivity contribution in [3.8, 4) is 0 Å². The molecule has 2 N–H and O–H groups in total. The first-order valence-electron chi connectivity index (χ1n) is 5.87. The zero-order valence-electron chi connectivity index (χ0n) is 10.1. The number of aryl methyl sites for hydroxylation is 3. The highest BCUT2D eigenvalue weighted by molar-refractivity contribution is 7.16. The number of nitrogens with zero attached hydrogens (tertiary/aromatic N) is 3. The van der Waals surface area contributed by atoms with Crippen LogP contribution in [0.25, 0.3) is 4.96 Å². The van der Waals surface area contributed by atoms with Crippen molar-refractivity contribution in [2.75, 3.05) is 5.73 Å². The number of nitrogens with two attached hydrogens (primary N) is 1. The number of anilines is 1. The van der Waals surface area contributed by atoms with Crippen LogP contribution in [0.4, 0.5) is 5.82 Å². The van der Waals surface area contributed by atoms with Crippen molar-refractivity contribution < 1.29 is 0 Å². The Morgan fingerprint density at radius 2 is 2.22 bits per heavy atom. The van der Waals surface area contributed by atoms with Gasteiger partial charge in [0.25, 0.3) is 0 Å². The van der Waals surface area contributed by atoms with Crippen LogP contribution in [0.3, 0.4) is 0 Å². The summed E-state index contributed by atoms with van der Waals surface area (Å²) in [6.07, 6.45) is 3.70. The highest BCUT2D eigenvalue weighted by Gasteiger charge is 2.06. The molecule has 0 radical (unpaired) electrons. The molecule has 3 rings (SSSR count). The molecule has 0 bridgehead atoms. The summed E-state index contributed by atoms with van der Waals surface area (Å²) in [6, 6.07) is 8.59. The average Bonchev–Trinajstić information content (AvgIpc) is 2.83. The van der Waals surface area contributed by atoms with Gasteiger partial charge in [-0.3, -0.25) is 0 Å². The third-order valence-electron chi connectivity index (χ3n) is 2.81. The molecule has 1 aromatic carbocycles. The molecule has 4 nitrogen and oxygen atoms in total. The summed E-state index contributed by atoms with van der Waals surface area (Å²) in [5.41, 5.74) is 8.25. The minimum absolute atomic E-state index is 0.527. The maximum atomic E-state index is 5.60. The predicted molar refractivity (Wildman–Crippen MR) is 73.9 cm³/mol. The lowest BCUT2D eigenvalue weighted by atomic mass is 10.1. The van der Waals surface area contributed by atoms with Crippen LogP contribution >= 0.6 is 11.3 Å². The van der Waals surface area contributed by atoms with E-state index >= 15 is 0 Å². The Morgan fingerprint density at radius 3 is 3.00 bits per heavy atom. The summed E-state index contributed by atoms with van der Waals surface area (Å²) >= 11 is 1.60. The van der Waals surface area contributed by atoms with Crippen molar-refractivity contribution >= 4 is 22.1 Å². The van der Waals surface area contributed by atoms with E-state index in [-0.39, 0.29) is 0 Å². The van der Waals surface area contributed by atoms with Crippen molar-refractivity contribution in [2.45, 2.75) is 19.8 Å². The number of benzene rings is 1. The van der Waals surface area contributed by atoms with Gasteiger partial charge in [0.1, 0.15) is 10.8 Å². The third kappa shape index (κ3) is 2.22. The fourth-order valence-electron chi connectivity index (χ4n) is 1.98. The van der Waals surface area contributed by atoms with Crippen molar-refractivity contribution in [1.29, 1.82) is 0 Å². The summed E-state index contributed by atoms with van der Waals surface area (Å²) in [5, 5.41) is 5.56. The molecule has 0 atom stereocenters. The molecule has 2 aromatic heterocycles. The van der Waals surface area contributed by atoms with Crippen LogP contribution in [-0.2, 0) is 12.8 Å². The van der Waals surface area contributed by atoms with Gasteiger partial charge >= 0.3 is 0 Å². The van der Waals surface area contributed by atoms with E-state index in [0.717, 1.165) is 22.8 Å². The molecule has 0 amide bonds. The Bertz CT molecular complexity index is 652. The fraction of sp³-hybridized carbons (Fsp3) is 0.231. The zero-order valence-corrected chi connectivity index (χ0v) is 10.9. The molecule has 5 heteroatoms. The average molecular weight is 258 g/mol. The lowest BCUT2D eigenvalue weighted by molar-refractivity contribution is 0.866. The smallest absolute Gasteiger partial charge is 0.214 e. The van der Waals surface area contributed by atoms with Gasteiger partial charge in [0.15, 0.2) is 0 Å². The van der Waals surface area contributed by atoms with Crippen LogP contribution in [0.1, 0.15) is 16.1 Å². The monoisotopic (exact) mass is 258 g/mol. The molecule has 0 aliphatic rings. The predicted octanol–water partition coefficient (Wildman–Crippen LogP) is 2.47. The summed E-state index contributed by atoms with van der Waals surface area (Å²) in [6.45, 7) is 2.11. The molecule has 0 aliphatic carbocycles. The molecule has 92 valence electrons. The summed E-state index contributed by atoms with van der Waals surface area (Å²) < 4.78 is 1.76. The number of fused-ring (bicyclic) bond motifs is 1. The molecule has 18 heavy (non-hydrogen) atoms.